The number of anilines is 3. The van der Waals surface area contributed by atoms with E-state index in [4.69, 9.17) is 9.47 Å². The summed E-state index contributed by atoms with van der Waals surface area (Å²) in [4.78, 5) is 35.9. The van der Waals surface area contributed by atoms with Crippen molar-refractivity contribution in [2.45, 2.75) is 63.1 Å². The number of hydrogen-bond acceptors (Lipinski definition) is 10. The molecule has 3 aliphatic rings. The number of fused-ring (bicyclic) bond motifs is 1. The number of pyridine rings is 1. The molecule has 0 atom stereocenters. The van der Waals surface area contributed by atoms with Gasteiger partial charge in [0.1, 0.15) is 11.9 Å². The van der Waals surface area contributed by atoms with Crippen LogP contribution in [0.4, 0.5) is 26.4 Å². The van der Waals surface area contributed by atoms with Crippen LogP contribution in [0, 0.1) is 5.82 Å². The quantitative estimate of drug-likeness (QED) is 0.244. The molecule has 14 heteroatoms. The molecule has 2 amide bonds. The van der Waals surface area contributed by atoms with Gasteiger partial charge in [-0.2, -0.15) is 0 Å². The lowest BCUT2D eigenvalue weighted by Crippen LogP contribution is -2.38. The second-order valence-electron chi connectivity index (χ2n) is 11.3. The second-order valence-corrected chi connectivity index (χ2v) is 11.3. The maximum absolute atomic E-state index is 14.1. The van der Waals surface area contributed by atoms with Crippen LogP contribution in [0.2, 0.25) is 0 Å². The number of nitrogens with one attached hydrogen (secondary N) is 4. The van der Waals surface area contributed by atoms with Gasteiger partial charge in [0.05, 0.1) is 37.0 Å². The van der Waals surface area contributed by atoms with E-state index in [1.54, 1.807) is 0 Å². The molecule has 3 fully saturated rings. The van der Waals surface area contributed by atoms with Gasteiger partial charge in [-0.25, -0.2) is 18.7 Å². The zero-order chi connectivity index (χ0) is 29.6. The van der Waals surface area contributed by atoms with Crippen LogP contribution in [0.25, 0.3) is 5.65 Å². The van der Waals surface area contributed by atoms with Crippen LogP contribution in [0.5, 0.6) is 0 Å². The Hall–Kier alpha value is -4.04. The molecule has 2 aliphatic carbocycles. The number of ether oxygens (including phenoxy) is 2. The van der Waals surface area contributed by atoms with Gasteiger partial charge in [0.15, 0.2) is 17.2 Å². The summed E-state index contributed by atoms with van der Waals surface area (Å²) >= 11 is 0. The van der Waals surface area contributed by atoms with Gasteiger partial charge in [-0.1, -0.05) is 0 Å². The monoisotopic (exact) mass is 595 g/mol. The van der Waals surface area contributed by atoms with Crippen LogP contribution < -0.4 is 21.3 Å². The summed E-state index contributed by atoms with van der Waals surface area (Å²) < 4.78 is 26.6. The molecule has 0 spiro atoms. The summed E-state index contributed by atoms with van der Waals surface area (Å²) in [7, 11) is 0. The fraction of sp³-hybridized carbons (Fsp3) is 0.552. The molecule has 3 aromatic heterocycles. The van der Waals surface area contributed by atoms with E-state index in [0.29, 0.717) is 24.1 Å². The predicted molar refractivity (Wildman–Crippen MR) is 158 cm³/mol. The van der Waals surface area contributed by atoms with Crippen LogP contribution >= 0.6 is 0 Å². The number of amides is 2. The van der Waals surface area contributed by atoms with E-state index in [9.17, 15) is 14.0 Å². The van der Waals surface area contributed by atoms with E-state index in [2.05, 4.69) is 41.2 Å². The zero-order valence-corrected chi connectivity index (χ0v) is 24.1. The summed E-state index contributed by atoms with van der Waals surface area (Å²) in [5.41, 5.74) is 1.50. The molecular formula is C29H38FN9O4. The van der Waals surface area contributed by atoms with Crippen LogP contribution in [-0.4, -0.2) is 94.1 Å². The van der Waals surface area contributed by atoms with Gasteiger partial charge in [-0.05, 0) is 57.6 Å². The van der Waals surface area contributed by atoms with Crippen LogP contribution in [-0.2, 0) is 9.47 Å². The molecule has 1 aliphatic heterocycles. The summed E-state index contributed by atoms with van der Waals surface area (Å²) in [6, 6.07) is 3.80. The van der Waals surface area contributed by atoms with E-state index in [1.165, 1.54) is 23.0 Å². The Balaban J connectivity index is 1.03. The molecule has 2 saturated carbocycles. The first-order valence-electron chi connectivity index (χ1n) is 15.1. The Morgan fingerprint density at radius 3 is 2.56 bits per heavy atom. The molecule has 0 unspecified atom stereocenters. The van der Waals surface area contributed by atoms with Crippen molar-refractivity contribution in [3.63, 3.8) is 0 Å². The fourth-order valence-corrected chi connectivity index (χ4v) is 5.46. The number of imidazole rings is 1. The molecule has 0 aromatic carbocycles. The van der Waals surface area contributed by atoms with Crippen molar-refractivity contribution in [3.8, 4) is 0 Å². The number of rotatable bonds is 11. The highest BCUT2D eigenvalue weighted by Gasteiger charge is 2.27. The molecule has 3 aromatic rings. The highest BCUT2D eigenvalue weighted by Crippen LogP contribution is 2.30. The molecule has 1 saturated heterocycles. The number of halogens is 1. The fourth-order valence-electron chi connectivity index (χ4n) is 5.46. The molecule has 230 valence electrons. The van der Waals surface area contributed by atoms with Crippen molar-refractivity contribution in [1.29, 1.82) is 0 Å². The van der Waals surface area contributed by atoms with Gasteiger partial charge in [-0.15, -0.1) is 5.10 Å². The zero-order valence-electron chi connectivity index (χ0n) is 24.1. The number of hydrogen-bond donors (Lipinski definition) is 4. The molecule has 6 rings (SSSR count). The van der Waals surface area contributed by atoms with E-state index in [1.807, 2.05) is 6.07 Å². The summed E-state index contributed by atoms with van der Waals surface area (Å²) in [5, 5.41) is 17.1. The maximum Gasteiger partial charge on any atom is 0.407 e. The second kappa shape index (κ2) is 13.5. The van der Waals surface area contributed by atoms with E-state index >= 15 is 0 Å². The largest absolute Gasteiger partial charge is 0.446 e. The van der Waals surface area contributed by atoms with Crippen LogP contribution in [0.3, 0.4) is 0 Å². The smallest absolute Gasteiger partial charge is 0.407 e. The van der Waals surface area contributed by atoms with E-state index in [0.717, 1.165) is 89.7 Å². The van der Waals surface area contributed by atoms with Crippen LogP contribution in [0.1, 0.15) is 55.4 Å². The van der Waals surface area contributed by atoms with Gasteiger partial charge < -0.3 is 30.7 Å². The normalized spacial score (nSPS) is 20.9. The number of carbonyl (C=O) groups excluding carboxylic acids is 2. The van der Waals surface area contributed by atoms with Gasteiger partial charge >= 0.3 is 6.09 Å². The van der Waals surface area contributed by atoms with Gasteiger partial charge in [0.2, 0.25) is 0 Å². The SMILES string of the molecule is O=C(NCCCN1CCOCC1)OC1CCC(Nc2cc(NC3CC3)c3ncc(C(=O)Nc4ccncc4F)n3n2)CC1. The number of nitrogens with zero attached hydrogens (tertiary/aromatic N) is 5. The van der Waals surface area contributed by atoms with Crippen molar-refractivity contribution in [3.05, 3.63) is 42.2 Å². The standard InChI is InChI=1S/C29H38FN9O4/c30-22-17-31-10-8-23(22)36-28(40)25-18-33-27-24(34-19-2-3-19)16-26(37-39(25)27)35-20-4-6-21(7-5-20)43-29(41)32-9-1-11-38-12-14-42-15-13-38/h8,10,16-21,34H,1-7,9,11-15H2,(H,32,41)(H,35,37)(H,31,36,40). The minimum absolute atomic E-state index is 0.0289. The Morgan fingerprint density at radius 1 is 1.02 bits per heavy atom. The highest BCUT2D eigenvalue weighted by atomic mass is 19.1. The van der Waals surface area contributed by atoms with Crippen molar-refractivity contribution in [2.24, 2.45) is 0 Å². The first kappa shape index (κ1) is 29.1. The number of carbonyl (C=O) groups is 2. The third-order valence-corrected chi connectivity index (χ3v) is 7.98. The molecule has 43 heavy (non-hydrogen) atoms. The summed E-state index contributed by atoms with van der Waals surface area (Å²) in [5.74, 6) is -0.561. The number of aromatic nitrogens is 4. The lowest BCUT2D eigenvalue weighted by atomic mass is 9.93. The molecule has 4 heterocycles. The third-order valence-electron chi connectivity index (χ3n) is 7.98. The van der Waals surface area contributed by atoms with Crippen molar-refractivity contribution < 1.29 is 23.5 Å². The first-order chi connectivity index (χ1) is 21.0. The number of morpholine rings is 1. The molecular weight excluding hydrogens is 557 g/mol. The maximum atomic E-state index is 14.1. The van der Waals surface area contributed by atoms with Crippen molar-refractivity contribution >= 4 is 34.8 Å². The number of alkyl carbamates (subject to hydrolysis) is 1. The Labute approximate surface area is 248 Å². The highest BCUT2D eigenvalue weighted by molar-refractivity contribution is 6.03. The third kappa shape index (κ3) is 7.68. The topological polar surface area (TPSA) is 147 Å². The van der Waals surface area contributed by atoms with Crippen LogP contribution in [0.15, 0.2) is 30.7 Å². The minimum atomic E-state index is -0.628. The van der Waals surface area contributed by atoms with E-state index in [-0.39, 0.29) is 29.6 Å². The summed E-state index contributed by atoms with van der Waals surface area (Å²) in [6.07, 6.45) is 9.50. The molecule has 4 N–H and O–H groups in total. The van der Waals surface area contributed by atoms with E-state index < -0.39 is 11.7 Å². The Bertz CT molecular complexity index is 1420. The predicted octanol–water partition coefficient (Wildman–Crippen LogP) is 3.26. The molecule has 0 bridgehead atoms. The Kier molecular flexibility index (Phi) is 9.13. The molecule has 0 radical (unpaired) electrons. The van der Waals surface area contributed by atoms with Gasteiger partial charge in [0, 0.05) is 44.0 Å². The van der Waals surface area contributed by atoms with Gasteiger partial charge in [0.25, 0.3) is 5.91 Å². The lowest BCUT2D eigenvalue weighted by molar-refractivity contribution is 0.0371. The molecule has 13 nitrogen and oxygen atoms in total. The van der Waals surface area contributed by atoms with Crippen molar-refractivity contribution in [2.75, 3.05) is 55.3 Å². The summed E-state index contributed by atoms with van der Waals surface area (Å²) in [6.45, 7) is 4.95. The minimum Gasteiger partial charge on any atom is -0.446 e. The van der Waals surface area contributed by atoms with Gasteiger partial charge in [-0.3, -0.25) is 14.7 Å². The average molecular weight is 596 g/mol. The first-order valence-corrected chi connectivity index (χ1v) is 15.1. The Morgan fingerprint density at radius 2 is 1.79 bits per heavy atom. The lowest BCUT2D eigenvalue weighted by Gasteiger charge is -2.29. The average Bonchev–Trinajstić information content (AvgIpc) is 3.73. The van der Waals surface area contributed by atoms with Crippen molar-refractivity contribution in [1.82, 2.24) is 29.8 Å².